The minimum atomic E-state index is -0.139. The van der Waals surface area contributed by atoms with Crippen LogP contribution < -0.4 is 5.32 Å². The number of amides is 1. The van der Waals surface area contributed by atoms with Gasteiger partial charge in [0.2, 0.25) is 0 Å². The molecule has 0 spiro atoms. The lowest BCUT2D eigenvalue weighted by Gasteiger charge is -2.07. The van der Waals surface area contributed by atoms with Gasteiger partial charge in [0.05, 0.1) is 5.69 Å². The standard InChI is InChI=1S/C18H17N3O2S/c1-10-3-4-13(9-11(10)2)17(22)19-14-7-8-24-15(14)18-20-16(21-23-18)12-5-6-12/h3-4,7-9,12H,5-6H2,1-2H3,(H,19,22). The largest absolute Gasteiger partial charge is 0.333 e. The van der Waals surface area contributed by atoms with E-state index in [4.69, 9.17) is 4.52 Å². The third-order valence-electron chi connectivity index (χ3n) is 4.26. The number of rotatable bonds is 4. The first-order valence-electron chi connectivity index (χ1n) is 7.92. The van der Waals surface area contributed by atoms with Crippen LogP contribution in [-0.2, 0) is 0 Å². The van der Waals surface area contributed by atoms with Crippen LogP contribution in [0.25, 0.3) is 10.8 Å². The molecular formula is C18H17N3O2S. The van der Waals surface area contributed by atoms with Crippen LogP contribution in [0.4, 0.5) is 5.69 Å². The van der Waals surface area contributed by atoms with Gasteiger partial charge in [-0.2, -0.15) is 4.98 Å². The van der Waals surface area contributed by atoms with Crippen LogP contribution in [0.15, 0.2) is 34.2 Å². The predicted molar refractivity (Wildman–Crippen MR) is 93.5 cm³/mol. The molecule has 1 fully saturated rings. The highest BCUT2D eigenvalue weighted by atomic mass is 32.1. The van der Waals surface area contributed by atoms with E-state index in [0.717, 1.165) is 29.1 Å². The molecule has 2 heterocycles. The van der Waals surface area contributed by atoms with Gasteiger partial charge in [-0.25, -0.2) is 0 Å². The van der Waals surface area contributed by atoms with E-state index >= 15 is 0 Å². The van der Waals surface area contributed by atoms with Gasteiger partial charge in [-0.05, 0) is 61.4 Å². The molecule has 0 unspecified atom stereocenters. The van der Waals surface area contributed by atoms with Gasteiger partial charge < -0.3 is 9.84 Å². The summed E-state index contributed by atoms with van der Waals surface area (Å²) in [5.41, 5.74) is 3.61. The second kappa shape index (κ2) is 5.87. The summed E-state index contributed by atoms with van der Waals surface area (Å²) >= 11 is 1.48. The second-order valence-corrected chi connectivity index (χ2v) is 7.06. The maximum Gasteiger partial charge on any atom is 0.270 e. The molecule has 24 heavy (non-hydrogen) atoms. The van der Waals surface area contributed by atoms with Crippen LogP contribution in [-0.4, -0.2) is 16.0 Å². The van der Waals surface area contributed by atoms with Crippen LogP contribution in [0.1, 0.15) is 46.1 Å². The van der Waals surface area contributed by atoms with E-state index in [1.807, 2.05) is 43.5 Å². The van der Waals surface area contributed by atoms with E-state index in [1.54, 1.807) is 0 Å². The van der Waals surface area contributed by atoms with Gasteiger partial charge in [0.15, 0.2) is 5.82 Å². The molecular weight excluding hydrogens is 322 g/mol. The average molecular weight is 339 g/mol. The highest BCUT2D eigenvalue weighted by Gasteiger charge is 2.29. The smallest absolute Gasteiger partial charge is 0.270 e. The molecule has 0 bridgehead atoms. The third-order valence-corrected chi connectivity index (χ3v) is 5.16. The summed E-state index contributed by atoms with van der Waals surface area (Å²) in [4.78, 5) is 17.8. The van der Waals surface area contributed by atoms with Crippen molar-refractivity contribution in [1.29, 1.82) is 0 Å². The molecule has 1 N–H and O–H groups in total. The Morgan fingerprint density at radius 3 is 2.83 bits per heavy atom. The number of nitrogens with one attached hydrogen (secondary N) is 1. The van der Waals surface area contributed by atoms with E-state index < -0.39 is 0 Å². The number of hydrogen-bond acceptors (Lipinski definition) is 5. The number of nitrogens with zero attached hydrogens (tertiary/aromatic N) is 2. The Balaban J connectivity index is 1.57. The predicted octanol–water partition coefficient (Wildman–Crippen LogP) is 4.54. The summed E-state index contributed by atoms with van der Waals surface area (Å²) in [7, 11) is 0. The second-order valence-electron chi connectivity index (χ2n) is 6.15. The van der Waals surface area contributed by atoms with Crippen molar-refractivity contribution in [1.82, 2.24) is 10.1 Å². The normalized spacial score (nSPS) is 13.9. The first kappa shape index (κ1) is 15.1. The molecule has 1 saturated carbocycles. The Bertz CT molecular complexity index is 909. The zero-order chi connectivity index (χ0) is 16.7. The molecule has 0 saturated heterocycles. The van der Waals surface area contributed by atoms with Gasteiger partial charge in [-0.15, -0.1) is 11.3 Å². The molecule has 5 nitrogen and oxygen atoms in total. The van der Waals surface area contributed by atoms with Crippen LogP contribution in [0.5, 0.6) is 0 Å². The summed E-state index contributed by atoms with van der Waals surface area (Å²) in [5.74, 6) is 1.54. The SMILES string of the molecule is Cc1ccc(C(=O)Nc2ccsc2-c2nc(C3CC3)no2)cc1C. The van der Waals surface area contributed by atoms with E-state index in [2.05, 4.69) is 15.5 Å². The van der Waals surface area contributed by atoms with Crippen LogP contribution in [0.2, 0.25) is 0 Å². The molecule has 0 atom stereocenters. The van der Waals surface area contributed by atoms with Gasteiger partial charge in [-0.3, -0.25) is 4.79 Å². The van der Waals surface area contributed by atoms with Crippen LogP contribution in [0.3, 0.4) is 0 Å². The first-order chi connectivity index (χ1) is 11.6. The van der Waals surface area contributed by atoms with Gasteiger partial charge in [-0.1, -0.05) is 11.2 Å². The number of anilines is 1. The average Bonchev–Trinajstić information content (AvgIpc) is 3.12. The van der Waals surface area contributed by atoms with Crippen molar-refractivity contribution in [3.8, 4) is 10.8 Å². The molecule has 1 aliphatic rings. The van der Waals surface area contributed by atoms with Crippen molar-refractivity contribution in [2.24, 2.45) is 0 Å². The molecule has 3 aromatic rings. The van der Waals surface area contributed by atoms with Crippen molar-refractivity contribution in [2.75, 3.05) is 5.32 Å². The van der Waals surface area contributed by atoms with Crippen LogP contribution >= 0.6 is 11.3 Å². The Morgan fingerprint density at radius 2 is 2.08 bits per heavy atom. The number of hydrogen-bond donors (Lipinski definition) is 1. The Kier molecular flexibility index (Phi) is 3.69. The number of benzene rings is 1. The lowest BCUT2D eigenvalue weighted by atomic mass is 10.1. The van der Waals surface area contributed by atoms with Gasteiger partial charge >= 0.3 is 0 Å². The van der Waals surface area contributed by atoms with Crippen LogP contribution in [0, 0.1) is 13.8 Å². The topological polar surface area (TPSA) is 68.0 Å². The lowest BCUT2D eigenvalue weighted by molar-refractivity contribution is 0.102. The van der Waals surface area contributed by atoms with Gasteiger partial charge in [0, 0.05) is 11.5 Å². The maximum atomic E-state index is 12.5. The summed E-state index contributed by atoms with van der Waals surface area (Å²) in [6.45, 7) is 4.03. The molecule has 2 aromatic heterocycles. The van der Waals surface area contributed by atoms with Crippen molar-refractivity contribution in [3.63, 3.8) is 0 Å². The molecule has 1 aromatic carbocycles. The Hall–Kier alpha value is -2.47. The summed E-state index contributed by atoms with van der Waals surface area (Å²) in [6, 6.07) is 7.55. The fourth-order valence-electron chi connectivity index (χ4n) is 2.48. The minimum Gasteiger partial charge on any atom is -0.333 e. The number of thiophene rings is 1. The first-order valence-corrected chi connectivity index (χ1v) is 8.80. The number of carbonyl (C=O) groups excluding carboxylic acids is 1. The van der Waals surface area contributed by atoms with Crippen molar-refractivity contribution in [3.05, 3.63) is 52.2 Å². The molecule has 4 rings (SSSR count). The molecule has 0 radical (unpaired) electrons. The molecule has 6 heteroatoms. The van der Waals surface area contributed by atoms with E-state index in [9.17, 15) is 4.79 Å². The zero-order valence-electron chi connectivity index (χ0n) is 13.5. The number of aryl methyl sites for hydroxylation is 2. The Labute approximate surface area is 143 Å². The zero-order valence-corrected chi connectivity index (χ0v) is 14.3. The van der Waals surface area contributed by atoms with Gasteiger partial charge in [0.1, 0.15) is 4.88 Å². The fourth-order valence-corrected chi connectivity index (χ4v) is 3.25. The highest BCUT2D eigenvalue weighted by molar-refractivity contribution is 7.14. The fraction of sp³-hybridized carbons (Fsp3) is 0.278. The third kappa shape index (κ3) is 2.85. The monoisotopic (exact) mass is 339 g/mol. The Morgan fingerprint density at radius 1 is 1.25 bits per heavy atom. The number of aromatic nitrogens is 2. The summed E-state index contributed by atoms with van der Waals surface area (Å²) < 4.78 is 5.37. The quantitative estimate of drug-likeness (QED) is 0.757. The summed E-state index contributed by atoms with van der Waals surface area (Å²) in [6.07, 6.45) is 2.25. The van der Waals surface area contributed by atoms with Crippen molar-refractivity contribution in [2.45, 2.75) is 32.6 Å². The summed E-state index contributed by atoms with van der Waals surface area (Å²) in [5, 5.41) is 8.90. The van der Waals surface area contributed by atoms with Crippen molar-refractivity contribution >= 4 is 22.9 Å². The van der Waals surface area contributed by atoms with E-state index in [-0.39, 0.29) is 5.91 Å². The maximum absolute atomic E-state index is 12.5. The van der Waals surface area contributed by atoms with E-state index in [1.165, 1.54) is 16.9 Å². The molecule has 0 aliphatic heterocycles. The van der Waals surface area contributed by atoms with Gasteiger partial charge in [0.25, 0.3) is 11.8 Å². The molecule has 122 valence electrons. The van der Waals surface area contributed by atoms with Crippen molar-refractivity contribution < 1.29 is 9.32 Å². The lowest BCUT2D eigenvalue weighted by Crippen LogP contribution is -2.12. The molecule has 1 aliphatic carbocycles. The minimum absolute atomic E-state index is 0.139. The highest BCUT2D eigenvalue weighted by Crippen LogP contribution is 2.40. The molecule has 1 amide bonds. The van der Waals surface area contributed by atoms with E-state index in [0.29, 0.717) is 23.1 Å². The number of carbonyl (C=O) groups is 1.